The summed E-state index contributed by atoms with van der Waals surface area (Å²) >= 11 is 0. The summed E-state index contributed by atoms with van der Waals surface area (Å²) in [7, 11) is -0.180. The summed E-state index contributed by atoms with van der Waals surface area (Å²) in [5.41, 5.74) is 0.392. The molecule has 1 aromatic heterocycles. The summed E-state index contributed by atoms with van der Waals surface area (Å²) in [5.74, 6) is 0. The molecule has 33 heavy (non-hydrogen) atoms. The predicted octanol–water partition coefficient (Wildman–Crippen LogP) is 8.79. The van der Waals surface area contributed by atoms with E-state index in [1.54, 1.807) is 0 Å². The van der Waals surface area contributed by atoms with Gasteiger partial charge in [-0.2, -0.15) is 23.7 Å². The second kappa shape index (κ2) is 11.1. The third-order valence-corrected chi connectivity index (χ3v) is 6.87. The number of halogens is 3. The van der Waals surface area contributed by atoms with Crippen molar-refractivity contribution in [3.8, 4) is 17.0 Å². The van der Waals surface area contributed by atoms with Gasteiger partial charge >= 0.3 is 6.18 Å². The molecular weight excluding hydrogens is 441 g/mol. The fourth-order valence-corrected chi connectivity index (χ4v) is 5.38. The quantitative estimate of drug-likeness (QED) is 0.220. The molecule has 0 saturated heterocycles. The van der Waals surface area contributed by atoms with E-state index in [9.17, 15) is 23.7 Å². The Morgan fingerprint density at radius 1 is 0.848 bits per heavy atom. The van der Waals surface area contributed by atoms with Gasteiger partial charge in [-0.25, -0.2) is 0 Å². The van der Waals surface area contributed by atoms with Gasteiger partial charge < -0.3 is 0 Å². The SMILES string of the molecule is C=CC(=C)C(F)(F)F.CC.N#Cc1ccc2c(c1)c1cc(C#N)ccc1[s+]2-c1ccccc1. The van der Waals surface area contributed by atoms with E-state index in [1.807, 2.05) is 56.3 Å². The highest BCUT2D eigenvalue weighted by Crippen LogP contribution is 2.48. The molecule has 0 aliphatic heterocycles. The zero-order valence-corrected chi connectivity index (χ0v) is 19.1. The molecule has 0 unspecified atom stereocenters. The second-order valence-corrected chi connectivity index (χ2v) is 8.46. The van der Waals surface area contributed by atoms with Crippen molar-refractivity contribution in [2.24, 2.45) is 0 Å². The number of benzene rings is 3. The minimum absolute atomic E-state index is 0.180. The average molecular weight is 464 g/mol. The van der Waals surface area contributed by atoms with Crippen molar-refractivity contribution >= 4 is 30.6 Å². The topological polar surface area (TPSA) is 47.6 Å². The van der Waals surface area contributed by atoms with Gasteiger partial charge in [-0.1, -0.05) is 51.3 Å². The van der Waals surface area contributed by atoms with Gasteiger partial charge in [0.2, 0.25) is 0 Å². The molecule has 0 bridgehead atoms. The Balaban J connectivity index is 0.000000330. The van der Waals surface area contributed by atoms with Crippen molar-refractivity contribution in [1.82, 2.24) is 0 Å². The van der Waals surface area contributed by atoms with Crippen LogP contribution in [0.25, 0.3) is 25.1 Å². The van der Waals surface area contributed by atoms with Crippen molar-refractivity contribution in [1.29, 1.82) is 10.5 Å². The van der Waals surface area contributed by atoms with Crippen LogP contribution in [0.4, 0.5) is 13.2 Å². The van der Waals surface area contributed by atoms with Crippen LogP contribution < -0.4 is 0 Å². The standard InChI is InChI=1S/C20H11N2S.C5H5F3.C2H6/c21-12-14-6-8-19-17(10-14)18-11-15(13-22)7-9-20(18)23(19)16-4-2-1-3-5-16;1-3-4(2)5(6,7)8;1-2/h1-11H;3H,1-2H2;1-2H3/q+1;;. The number of nitriles is 2. The Bertz CT molecular complexity index is 1300. The molecular formula is C27H22F3N2S+. The smallest absolute Gasteiger partial charge is 0.192 e. The highest BCUT2D eigenvalue weighted by Gasteiger charge is 2.29. The van der Waals surface area contributed by atoms with Gasteiger partial charge in [-0.15, -0.1) is 0 Å². The van der Waals surface area contributed by atoms with Crippen molar-refractivity contribution in [2.45, 2.75) is 20.0 Å². The van der Waals surface area contributed by atoms with E-state index in [1.165, 1.54) is 14.3 Å². The zero-order valence-electron chi connectivity index (χ0n) is 18.3. The molecule has 166 valence electrons. The van der Waals surface area contributed by atoms with Crippen LogP contribution in [-0.4, -0.2) is 6.18 Å². The number of rotatable bonds is 2. The Labute approximate surface area is 194 Å². The third kappa shape index (κ3) is 5.68. The molecule has 4 rings (SSSR count). The molecule has 1 heterocycles. The molecule has 0 saturated carbocycles. The van der Waals surface area contributed by atoms with E-state index in [0.29, 0.717) is 17.2 Å². The van der Waals surface area contributed by atoms with Crippen molar-refractivity contribution in [3.05, 3.63) is 103 Å². The third-order valence-electron chi connectivity index (χ3n) is 4.54. The van der Waals surface area contributed by atoms with Gasteiger partial charge in [0.1, 0.15) is 0 Å². The van der Waals surface area contributed by atoms with E-state index in [-0.39, 0.29) is 10.5 Å². The molecule has 0 aliphatic rings. The number of nitrogens with zero attached hydrogens (tertiary/aromatic N) is 2. The summed E-state index contributed by atoms with van der Waals surface area (Å²) in [6.45, 7) is 9.61. The van der Waals surface area contributed by atoms with Gasteiger partial charge in [0, 0.05) is 38.9 Å². The summed E-state index contributed by atoms with van der Waals surface area (Å²) in [4.78, 5) is 1.25. The highest BCUT2D eigenvalue weighted by atomic mass is 32.2. The lowest BCUT2D eigenvalue weighted by molar-refractivity contribution is -0.0877. The fourth-order valence-electron chi connectivity index (χ4n) is 3.02. The average Bonchev–Trinajstić information content (AvgIpc) is 3.17. The summed E-state index contributed by atoms with van der Waals surface area (Å²) in [5, 5.41) is 20.5. The van der Waals surface area contributed by atoms with Crippen LogP contribution in [0.2, 0.25) is 0 Å². The molecule has 0 N–H and O–H groups in total. The molecule has 0 aliphatic carbocycles. The molecule has 4 aromatic rings. The van der Waals surface area contributed by atoms with E-state index >= 15 is 0 Å². The number of thiophene rings is 1. The van der Waals surface area contributed by atoms with E-state index in [0.717, 1.165) is 10.8 Å². The molecule has 3 aromatic carbocycles. The van der Waals surface area contributed by atoms with Crippen molar-refractivity contribution in [2.75, 3.05) is 0 Å². The Morgan fingerprint density at radius 2 is 1.30 bits per heavy atom. The van der Waals surface area contributed by atoms with Crippen LogP contribution in [0.5, 0.6) is 0 Å². The molecule has 0 spiro atoms. The second-order valence-electron chi connectivity index (χ2n) is 6.49. The van der Waals surface area contributed by atoms with Crippen LogP contribution in [0, 0.1) is 22.7 Å². The van der Waals surface area contributed by atoms with E-state index in [4.69, 9.17) is 0 Å². The first kappa shape index (κ1) is 25.4. The van der Waals surface area contributed by atoms with Gasteiger partial charge in [-0.3, -0.25) is 0 Å². The van der Waals surface area contributed by atoms with Gasteiger partial charge in [-0.05, 0) is 36.4 Å². The molecule has 0 amide bonds. The molecule has 6 heteroatoms. The Morgan fingerprint density at radius 3 is 1.64 bits per heavy atom. The number of hydrogen-bond acceptors (Lipinski definition) is 2. The first-order chi connectivity index (χ1) is 15.8. The number of hydrogen-bond donors (Lipinski definition) is 0. The van der Waals surface area contributed by atoms with E-state index < -0.39 is 11.7 Å². The number of fused-ring (bicyclic) bond motifs is 3. The van der Waals surface area contributed by atoms with Crippen LogP contribution >= 0.6 is 10.5 Å². The Kier molecular flexibility index (Phi) is 8.56. The number of allylic oxidation sites excluding steroid dienone is 2. The van der Waals surface area contributed by atoms with Crippen LogP contribution in [-0.2, 0) is 0 Å². The Hall–Kier alpha value is -3.87. The lowest BCUT2D eigenvalue weighted by Gasteiger charge is -2.02. The molecule has 0 atom stereocenters. The largest absolute Gasteiger partial charge is 0.415 e. The fraction of sp³-hybridized carbons (Fsp3) is 0.111. The normalized spacial score (nSPS) is 10.2. The zero-order chi connectivity index (χ0) is 24.6. The minimum Gasteiger partial charge on any atom is -0.192 e. The maximum absolute atomic E-state index is 11.3. The van der Waals surface area contributed by atoms with Crippen LogP contribution in [0.3, 0.4) is 0 Å². The van der Waals surface area contributed by atoms with Crippen LogP contribution in [0.15, 0.2) is 91.5 Å². The predicted molar refractivity (Wildman–Crippen MR) is 131 cm³/mol. The molecule has 0 radical (unpaired) electrons. The molecule has 2 nitrogen and oxygen atoms in total. The minimum atomic E-state index is -4.30. The number of alkyl halides is 3. The first-order valence-corrected chi connectivity index (χ1v) is 11.3. The monoisotopic (exact) mass is 463 g/mol. The van der Waals surface area contributed by atoms with Crippen LogP contribution in [0.1, 0.15) is 25.0 Å². The highest BCUT2D eigenvalue weighted by molar-refractivity contribution is 7.50. The first-order valence-electron chi connectivity index (χ1n) is 10.1. The summed E-state index contributed by atoms with van der Waals surface area (Å²) < 4.78 is 36.3. The lowest BCUT2D eigenvalue weighted by Crippen LogP contribution is -2.07. The summed E-state index contributed by atoms with van der Waals surface area (Å²) in [6, 6.07) is 26.5. The van der Waals surface area contributed by atoms with Gasteiger partial charge in [0.05, 0.1) is 23.3 Å². The van der Waals surface area contributed by atoms with E-state index in [2.05, 4.69) is 49.6 Å². The lowest BCUT2D eigenvalue weighted by atomic mass is 10.1. The molecule has 0 fully saturated rings. The van der Waals surface area contributed by atoms with Crippen molar-refractivity contribution < 1.29 is 13.2 Å². The summed E-state index contributed by atoms with van der Waals surface area (Å²) in [6.07, 6.45) is -3.62. The maximum atomic E-state index is 11.3. The van der Waals surface area contributed by atoms with Crippen molar-refractivity contribution in [3.63, 3.8) is 0 Å². The maximum Gasteiger partial charge on any atom is 0.415 e. The van der Waals surface area contributed by atoms with Gasteiger partial charge in [0.15, 0.2) is 14.3 Å². The van der Waals surface area contributed by atoms with Gasteiger partial charge in [0.25, 0.3) is 0 Å².